The quantitative estimate of drug-likeness (QED) is 0.121. The third kappa shape index (κ3) is 10.8. The number of nitrogens with zero attached hydrogens (tertiary/aromatic N) is 7. The van der Waals surface area contributed by atoms with Gasteiger partial charge in [0.2, 0.25) is 5.91 Å². The number of aromatic nitrogens is 2. The number of anilines is 1. The van der Waals surface area contributed by atoms with Gasteiger partial charge in [0.25, 0.3) is 11.7 Å². The van der Waals surface area contributed by atoms with Crippen LogP contribution in [0.5, 0.6) is 17.2 Å². The number of benzene rings is 2. The van der Waals surface area contributed by atoms with Crippen molar-refractivity contribution >= 4 is 40.0 Å². The highest BCUT2D eigenvalue weighted by atomic mass is 16.7. The summed E-state index contributed by atoms with van der Waals surface area (Å²) in [6.07, 6.45) is 9.19. The predicted octanol–water partition coefficient (Wildman–Crippen LogP) is 4.82. The number of methoxy groups -OCH3 is 1. The average Bonchev–Trinajstić information content (AvgIpc) is 4.26. The maximum Gasteiger partial charge on any atom is 0.315 e. The van der Waals surface area contributed by atoms with E-state index >= 15 is 4.79 Å². The maximum absolute atomic E-state index is 15.0. The smallest absolute Gasteiger partial charge is 0.315 e. The number of aromatic hydroxyl groups is 2. The van der Waals surface area contributed by atoms with Crippen LogP contribution in [-0.2, 0) is 41.7 Å². The van der Waals surface area contributed by atoms with Crippen LogP contribution in [0.25, 0.3) is 10.8 Å². The van der Waals surface area contributed by atoms with Crippen molar-refractivity contribution < 1.29 is 58.6 Å². The van der Waals surface area contributed by atoms with Crippen LogP contribution in [0.15, 0.2) is 58.5 Å². The molecule has 7 aliphatic heterocycles. The molecule has 20 nitrogen and oxygen atoms in total. The fraction of sp³-hybridized carbons (Fsp3) is 0.603. The van der Waals surface area contributed by atoms with Crippen molar-refractivity contribution in [2.24, 2.45) is 39.6 Å². The number of esters is 1. The first kappa shape index (κ1) is 56.5. The molecule has 8 heterocycles. The number of aliphatic hydroxyl groups excluding tert-OH is 2. The van der Waals surface area contributed by atoms with E-state index in [-0.39, 0.29) is 61.6 Å². The summed E-state index contributed by atoms with van der Waals surface area (Å²) < 4.78 is 27.0. The number of carbonyl (C=O) groups excluding carboxylic acids is 4. The number of phenols is 2. The molecule has 78 heavy (non-hydrogen) atoms. The number of Topliss-reactive ketones (excluding diaryl/α,β-unsaturated/α-hetero) is 1. The molecule has 2 fully saturated rings. The van der Waals surface area contributed by atoms with Crippen molar-refractivity contribution in [3.63, 3.8) is 0 Å². The Morgan fingerprint density at radius 1 is 0.897 bits per heavy atom. The van der Waals surface area contributed by atoms with Gasteiger partial charge in [-0.2, -0.15) is 0 Å². The number of amides is 2. The van der Waals surface area contributed by atoms with E-state index in [0.717, 1.165) is 44.8 Å². The van der Waals surface area contributed by atoms with Gasteiger partial charge < -0.3 is 59.1 Å². The predicted molar refractivity (Wildman–Crippen MR) is 289 cm³/mol. The third-order valence-corrected chi connectivity index (χ3v) is 17.3. The van der Waals surface area contributed by atoms with Gasteiger partial charge in [-0.1, -0.05) is 59.8 Å². The SMILES string of the molecule is CO[C@H]1/C=C/O[C@@]2(C)Oc3c(C)c(O)c4c(O)c(c5c(c4c3C2=O)=NC2(CCN(CC(C)C)CC2)N=5)NC(=O)/C(C)=C\C=C\[C@H](C)[C@H](O)[C@@H](C)[C@@H](O)[C@@H](C)[C@H](OC(=O)CC(=O)N2CCC(N3CCn4ccnc4C3)CC2)[C@@H]1C. The fourth-order valence-electron chi connectivity index (χ4n) is 12.4. The Kier molecular flexibility index (Phi) is 16.3. The van der Waals surface area contributed by atoms with Crippen LogP contribution in [-0.4, -0.2) is 157 Å². The summed E-state index contributed by atoms with van der Waals surface area (Å²) in [6, 6.07) is 0.282. The number of fused-ring (bicyclic) bond motifs is 14. The Bertz CT molecular complexity index is 3040. The summed E-state index contributed by atoms with van der Waals surface area (Å²) in [5.74, 6) is -6.68. The highest BCUT2D eigenvalue weighted by Crippen LogP contribution is 2.50. The molecule has 1 spiro atoms. The lowest BCUT2D eigenvalue weighted by Gasteiger charge is -2.40. The van der Waals surface area contributed by atoms with Gasteiger partial charge in [-0.25, -0.2) is 4.98 Å². The lowest BCUT2D eigenvalue weighted by molar-refractivity contribution is -0.165. The molecule has 20 heteroatoms. The first-order chi connectivity index (χ1) is 37.0. The standard InChI is InChI=1S/C58H78N8O12/c1-31(2)29-63-22-17-58(18-23-63)61-46-43-44-51(71)37(8)54-45(43)55(73)57(9,78-54)76-27-16-39(75-10)34(5)53(77-42(68)28-41(67)65-20-14-38(15-21-65)66-26-25-64-24-19-59-40(64)30-66)36(7)50(70)35(6)49(69)32(3)12-11-13-33(4)56(74)60-48(52(44)72)47(46)62-58/h11-13,16,19,24,27,31-32,34-36,38-39,49-50,53,69-72H,14-15,17-18,20-23,25-26,28-30H2,1-10H3,(H,60,74)/b12-11+,27-16+,33-13-/t32-,34+,35+,36+,39-,49-,50+,53+,57-/m0/s1. The van der Waals surface area contributed by atoms with Crippen molar-refractivity contribution in [1.82, 2.24) is 24.3 Å². The number of phenolic OH excluding ortho intramolecular Hbond substituents is 2. The van der Waals surface area contributed by atoms with E-state index in [0.29, 0.717) is 44.9 Å². The summed E-state index contributed by atoms with van der Waals surface area (Å²) in [5, 5.41) is 51.2. The number of hydrogen-bond acceptors (Lipinski definition) is 17. The van der Waals surface area contributed by atoms with Crippen molar-refractivity contribution in [3.05, 3.63) is 76.2 Å². The van der Waals surface area contributed by atoms with E-state index in [1.807, 2.05) is 12.4 Å². The van der Waals surface area contributed by atoms with E-state index < -0.39 is 95.1 Å². The van der Waals surface area contributed by atoms with E-state index in [4.69, 9.17) is 28.9 Å². The molecule has 0 saturated carbocycles. The molecule has 2 aromatic carbocycles. The first-order valence-corrected chi connectivity index (χ1v) is 27.7. The van der Waals surface area contributed by atoms with Crippen molar-refractivity contribution in [3.8, 4) is 17.2 Å². The Balaban J connectivity index is 1.03. The van der Waals surface area contributed by atoms with Crippen molar-refractivity contribution in [2.75, 3.05) is 51.7 Å². The molecule has 9 atom stereocenters. The zero-order chi connectivity index (χ0) is 56.1. The summed E-state index contributed by atoms with van der Waals surface area (Å²) in [5.41, 5.74) is -0.693. The van der Waals surface area contributed by atoms with Crippen LogP contribution < -0.4 is 20.8 Å². The number of imidazole rings is 1. The normalized spacial score (nSPS) is 30.7. The number of aliphatic hydroxyl groups is 2. The molecule has 0 radical (unpaired) electrons. The van der Waals surface area contributed by atoms with E-state index in [9.17, 15) is 34.8 Å². The molecule has 7 aliphatic rings. The molecule has 3 aromatic rings. The molecule has 5 bridgehead atoms. The molecule has 1 aromatic heterocycles. The fourth-order valence-corrected chi connectivity index (χ4v) is 12.4. The van der Waals surface area contributed by atoms with E-state index in [1.54, 1.807) is 64.7 Å². The summed E-state index contributed by atoms with van der Waals surface area (Å²) in [7, 11) is 1.45. The number of carbonyl (C=O) groups is 4. The second-order valence-electron chi connectivity index (χ2n) is 23.1. The number of piperidine rings is 2. The molecule has 2 saturated heterocycles. The van der Waals surface area contributed by atoms with Gasteiger partial charge in [0, 0.05) is 131 Å². The number of nitrogens with one attached hydrogen (secondary N) is 1. The third-order valence-electron chi connectivity index (χ3n) is 17.3. The van der Waals surface area contributed by atoms with Crippen LogP contribution >= 0.6 is 0 Å². The minimum Gasteiger partial charge on any atom is -0.507 e. The Hall–Kier alpha value is -6.19. The zero-order valence-corrected chi connectivity index (χ0v) is 46.7. The number of ether oxygens (including phenoxy) is 4. The van der Waals surface area contributed by atoms with Gasteiger partial charge >= 0.3 is 11.8 Å². The second-order valence-corrected chi connectivity index (χ2v) is 23.1. The Morgan fingerprint density at radius 2 is 1.60 bits per heavy atom. The average molecular weight is 1080 g/mol. The minimum atomic E-state index is -2.02. The van der Waals surface area contributed by atoms with Crippen molar-refractivity contribution in [2.45, 2.75) is 149 Å². The first-order valence-electron chi connectivity index (χ1n) is 27.7. The van der Waals surface area contributed by atoms with Gasteiger partial charge in [0.15, 0.2) is 11.4 Å². The number of likely N-dealkylation sites (tertiary alicyclic amines) is 2. The zero-order valence-electron chi connectivity index (χ0n) is 46.7. The lowest BCUT2D eigenvalue weighted by Crippen LogP contribution is -2.49. The van der Waals surface area contributed by atoms with Gasteiger partial charge in [-0.3, -0.25) is 34.1 Å². The van der Waals surface area contributed by atoms with Crippen LogP contribution in [0.3, 0.4) is 0 Å². The monoisotopic (exact) mass is 1080 g/mol. The molecule has 2 amide bonds. The molecule has 10 rings (SSSR count). The summed E-state index contributed by atoms with van der Waals surface area (Å²) in [6.45, 7) is 21.6. The van der Waals surface area contributed by atoms with Crippen LogP contribution in [0.2, 0.25) is 0 Å². The lowest BCUT2D eigenvalue weighted by atomic mass is 9.78. The Labute approximate surface area is 455 Å². The summed E-state index contributed by atoms with van der Waals surface area (Å²) >= 11 is 0. The van der Waals surface area contributed by atoms with E-state index in [1.165, 1.54) is 26.4 Å². The highest BCUT2D eigenvalue weighted by Gasteiger charge is 2.50. The molecule has 5 N–H and O–H groups in total. The highest BCUT2D eigenvalue weighted by molar-refractivity contribution is 6.19. The molecular weight excluding hydrogens is 1000 g/mol. The number of hydrogen-bond donors (Lipinski definition) is 5. The molecular formula is C58H78N8O12. The van der Waals surface area contributed by atoms with Gasteiger partial charge in [0.05, 0.1) is 47.4 Å². The summed E-state index contributed by atoms with van der Waals surface area (Å²) in [4.78, 5) is 78.2. The van der Waals surface area contributed by atoms with Crippen molar-refractivity contribution in [1.29, 1.82) is 0 Å². The number of rotatable bonds is 7. The largest absolute Gasteiger partial charge is 0.507 e. The van der Waals surface area contributed by atoms with Crippen LogP contribution in [0, 0.1) is 36.5 Å². The molecule has 0 aliphatic carbocycles. The van der Waals surface area contributed by atoms with Gasteiger partial charge in [-0.05, 0) is 38.7 Å². The maximum atomic E-state index is 15.0. The number of ketones is 1. The van der Waals surface area contributed by atoms with E-state index in [2.05, 4.69) is 38.5 Å². The Morgan fingerprint density at radius 3 is 2.29 bits per heavy atom. The van der Waals surface area contributed by atoms with Crippen LogP contribution in [0.1, 0.15) is 109 Å². The topological polar surface area (TPSA) is 250 Å². The molecule has 0 unspecified atom stereocenters. The number of allylic oxidation sites excluding steroid dienone is 2. The molecule has 422 valence electrons. The van der Waals surface area contributed by atoms with Gasteiger partial charge in [-0.15, -0.1) is 0 Å². The van der Waals surface area contributed by atoms with Crippen LogP contribution in [0.4, 0.5) is 5.69 Å². The van der Waals surface area contributed by atoms with Gasteiger partial charge in [0.1, 0.15) is 40.9 Å². The second kappa shape index (κ2) is 22.5. The minimum absolute atomic E-state index is 0.0101.